The number of thioether (sulfide) groups is 1. The number of carbonyl (C=O) groups excluding carboxylic acids is 1. The van der Waals surface area contributed by atoms with Gasteiger partial charge >= 0.3 is 0 Å². The van der Waals surface area contributed by atoms with E-state index in [9.17, 15) is 14.9 Å². The molecule has 0 aliphatic rings. The topological polar surface area (TPSA) is 129 Å². The molecule has 0 saturated heterocycles. The van der Waals surface area contributed by atoms with Crippen molar-refractivity contribution in [1.82, 2.24) is 14.9 Å². The number of ether oxygens (including phenoxy) is 1. The van der Waals surface area contributed by atoms with Crippen molar-refractivity contribution in [1.29, 1.82) is 0 Å². The third-order valence-electron chi connectivity index (χ3n) is 4.97. The summed E-state index contributed by atoms with van der Waals surface area (Å²) in [5, 5.41) is 19.2. The van der Waals surface area contributed by atoms with Crippen LogP contribution in [0.1, 0.15) is 32.2 Å². The van der Waals surface area contributed by atoms with Gasteiger partial charge in [0.15, 0.2) is 5.82 Å². The fourth-order valence-electron chi connectivity index (χ4n) is 2.87. The normalized spacial score (nSPS) is 11.3. The first-order valence-corrected chi connectivity index (χ1v) is 11.1. The number of amides is 1. The average Bonchev–Trinajstić information content (AvgIpc) is 3.14. The Labute approximate surface area is 195 Å². The molecular formula is C22H26N6O4S. The van der Waals surface area contributed by atoms with E-state index in [0.717, 1.165) is 11.8 Å². The van der Waals surface area contributed by atoms with Gasteiger partial charge in [-0.05, 0) is 35.2 Å². The van der Waals surface area contributed by atoms with Gasteiger partial charge in [-0.2, -0.15) is 0 Å². The predicted molar refractivity (Wildman–Crippen MR) is 127 cm³/mol. The van der Waals surface area contributed by atoms with Gasteiger partial charge in [-0.25, -0.2) is 4.68 Å². The minimum Gasteiger partial charge on any atom is -0.486 e. The van der Waals surface area contributed by atoms with Gasteiger partial charge in [0.2, 0.25) is 11.1 Å². The number of nitro groups is 1. The van der Waals surface area contributed by atoms with Gasteiger partial charge in [0.25, 0.3) is 5.69 Å². The largest absolute Gasteiger partial charge is 0.486 e. The van der Waals surface area contributed by atoms with Gasteiger partial charge in [0.05, 0.1) is 10.7 Å². The standard InChI is InChI=1S/C22H26N6O4S/c1-22(2,3)15-5-11-18(12-6-15)32-13-19-24-25-21(27(19)23)33-14-20(29)26(4)16-7-9-17(10-8-16)28(30)31/h5-12H,13-14,23H2,1-4H3. The molecule has 3 rings (SSSR count). The molecule has 2 aromatic carbocycles. The van der Waals surface area contributed by atoms with Crippen LogP contribution in [0.4, 0.5) is 11.4 Å². The van der Waals surface area contributed by atoms with Gasteiger partial charge in [0, 0.05) is 24.9 Å². The summed E-state index contributed by atoms with van der Waals surface area (Å²) in [6.45, 7) is 6.57. The average molecular weight is 471 g/mol. The number of nitrogens with zero attached hydrogens (tertiary/aromatic N) is 5. The summed E-state index contributed by atoms with van der Waals surface area (Å²) in [4.78, 5) is 24.2. The first-order valence-electron chi connectivity index (χ1n) is 10.1. The number of hydrogen-bond donors (Lipinski definition) is 1. The minimum absolute atomic E-state index is 0.0369. The van der Waals surface area contributed by atoms with E-state index in [-0.39, 0.29) is 29.4 Å². The second kappa shape index (κ2) is 9.90. The lowest BCUT2D eigenvalue weighted by Crippen LogP contribution is -2.28. The Morgan fingerprint density at radius 2 is 1.79 bits per heavy atom. The lowest BCUT2D eigenvalue weighted by atomic mass is 9.87. The van der Waals surface area contributed by atoms with Crippen LogP contribution >= 0.6 is 11.8 Å². The SMILES string of the molecule is CN(C(=O)CSc1nnc(COc2ccc(C(C)(C)C)cc2)n1N)c1ccc([N+](=O)[O-])cc1. The molecule has 11 heteroatoms. The Kier molecular flexibility index (Phi) is 7.22. The number of aromatic nitrogens is 3. The van der Waals surface area contributed by atoms with E-state index in [1.807, 2.05) is 24.3 Å². The summed E-state index contributed by atoms with van der Waals surface area (Å²) in [5.41, 5.74) is 1.78. The summed E-state index contributed by atoms with van der Waals surface area (Å²) in [7, 11) is 1.60. The molecule has 3 aromatic rings. The fraction of sp³-hybridized carbons (Fsp3) is 0.318. The molecule has 0 fully saturated rings. The van der Waals surface area contributed by atoms with Crippen molar-refractivity contribution in [2.24, 2.45) is 0 Å². The third-order valence-corrected chi connectivity index (χ3v) is 5.90. The zero-order valence-corrected chi connectivity index (χ0v) is 19.7. The second-order valence-electron chi connectivity index (χ2n) is 8.35. The van der Waals surface area contributed by atoms with Crippen molar-refractivity contribution >= 4 is 29.0 Å². The lowest BCUT2D eigenvalue weighted by molar-refractivity contribution is -0.384. The summed E-state index contributed by atoms with van der Waals surface area (Å²) in [6.07, 6.45) is 0. The zero-order valence-electron chi connectivity index (χ0n) is 18.9. The number of benzene rings is 2. The fourth-order valence-corrected chi connectivity index (χ4v) is 3.66. The molecule has 10 nitrogen and oxygen atoms in total. The summed E-state index contributed by atoms with van der Waals surface area (Å²) in [6, 6.07) is 13.6. The van der Waals surface area contributed by atoms with E-state index < -0.39 is 4.92 Å². The Balaban J connectivity index is 1.55. The van der Waals surface area contributed by atoms with Crippen molar-refractivity contribution in [2.75, 3.05) is 23.5 Å². The van der Waals surface area contributed by atoms with Crippen LogP contribution in [-0.4, -0.2) is 38.5 Å². The number of nitrogens with two attached hydrogens (primary N) is 1. The van der Waals surface area contributed by atoms with Crippen LogP contribution in [0.5, 0.6) is 5.75 Å². The maximum atomic E-state index is 12.5. The predicted octanol–water partition coefficient (Wildman–Crippen LogP) is 3.53. The van der Waals surface area contributed by atoms with Crippen LogP contribution in [0.25, 0.3) is 0 Å². The Morgan fingerprint density at radius 3 is 2.36 bits per heavy atom. The molecule has 0 aliphatic heterocycles. The molecule has 0 radical (unpaired) electrons. The number of nitro benzene ring substituents is 1. The highest BCUT2D eigenvalue weighted by atomic mass is 32.2. The van der Waals surface area contributed by atoms with Crippen LogP contribution in [0.2, 0.25) is 0 Å². The van der Waals surface area contributed by atoms with Gasteiger partial charge < -0.3 is 15.5 Å². The molecule has 33 heavy (non-hydrogen) atoms. The first-order chi connectivity index (χ1) is 15.6. The van der Waals surface area contributed by atoms with E-state index in [0.29, 0.717) is 22.4 Å². The molecule has 2 N–H and O–H groups in total. The van der Waals surface area contributed by atoms with Gasteiger partial charge in [-0.1, -0.05) is 44.7 Å². The molecule has 0 bridgehead atoms. The quantitative estimate of drug-likeness (QED) is 0.229. The van der Waals surface area contributed by atoms with Crippen LogP contribution in [0.15, 0.2) is 53.7 Å². The Morgan fingerprint density at radius 1 is 1.15 bits per heavy atom. The molecule has 0 saturated carbocycles. The molecule has 1 heterocycles. The summed E-state index contributed by atoms with van der Waals surface area (Å²) < 4.78 is 7.07. The number of hydrogen-bond acceptors (Lipinski definition) is 8. The van der Waals surface area contributed by atoms with Crippen LogP contribution < -0.4 is 15.5 Å². The van der Waals surface area contributed by atoms with Gasteiger partial charge in [0.1, 0.15) is 12.4 Å². The molecule has 1 aromatic heterocycles. The highest BCUT2D eigenvalue weighted by Gasteiger charge is 2.17. The molecule has 0 aliphatic carbocycles. The minimum atomic E-state index is -0.488. The third kappa shape index (κ3) is 6.01. The van der Waals surface area contributed by atoms with Crippen molar-refractivity contribution in [3.05, 3.63) is 70.0 Å². The monoisotopic (exact) mass is 470 g/mol. The Hall–Kier alpha value is -3.60. The van der Waals surface area contributed by atoms with Crippen molar-refractivity contribution in [3.63, 3.8) is 0 Å². The number of anilines is 1. The van der Waals surface area contributed by atoms with Crippen molar-refractivity contribution < 1.29 is 14.5 Å². The summed E-state index contributed by atoms with van der Waals surface area (Å²) >= 11 is 1.14. The second-order valence-corrected chi connectivity index (χ2v) is 9.29. The maximum absolute atomic E-state index is 12.5. The molecule has 0 spiro atoms. The number of carbonyl (C=O) groups is 1. The smallest absolute Gasteiger partial charge is 0.269 e. The van der Waals surface area contributed by atoms with Gasteiger partial charge in [-0.3, -0.25) is 14.9 Å². The number of nitrogen functional groups attached to an aromatic ring is 1. The highest BCUT2D eigenvalue weighted by Crippen LogP contribution is 2.25. The molecule has 174 valence electrons. The Bertz CT molecular complexity index is 1120. The van der Waals surface area contributed by atoms with Crippen LogP contribution in [0, 0.1) is 10.1 Å². The molecular weight excluding hydrogens is 444 g/mol. The number of non-ortho nitro benzene ring substituents is 1. The molecule has 0 atom stereocenters. The van der Waals surface area contributed by atoms with Crippen LogP contribution in [-0.2, 0) is 16.8 Å². The molecule has 0 unspecified atom stereocenters. The van der Waals surface area contributed by atoms with E-state index in [4.69, 9.17) is 10.6 Å². The highest BCUT2D eigenvalue weighted by molar-refractivity contribution is 7.99. The van der Waals surface area contributed by atoms with Crippen molar-refractivity contribution in [3.8, 4) is 5.75 Å². The lowest BCUT2D eigenvalue weighted by Gasteiger charge is -2.19. The van der Waals surface area contributed by atoms with E-state index >= 15 is 0 Å². The number of rotatable bonds is 8. The van der Waals surface area contributed by atoms with Crippen molar-refractivity contribution in [2.45, 2.75) is 37.9 Å². The first kappa shape index (κ1) is 24.1. The van der Waals surface area contributed by atoms with Gasteiger partial charge in [-0.15, -0.1) is 10.2 Å². The molecule has 1 amide bonds. The van der Waals surface area contributed by atoms with Crippen LogP contribution in [0.3, 0.4) is 0 Å². The van der Waals surface area contributed by atoms with E-state index in [2.05, 4.69) is 31.0 Å². The van der Waals surface area contributed by atoms with E-state index in [1.165, 1.54) is 39.4 Å². The maximum Gasteiger partial charge on any atom is 0.269 e. The van der Waals surface area contributed by atoms with E-state index in [1.54, 1.807) is 7.05 Å². The summed E-state index contributed by atoms with van der Waals surface area (Å²) in [5.74, 6) is 7.04. The zero-order chi connectivity index (χ0) is 24.2.